The summed E-state index contributed by atoms with van der Waals surface area (Å²) in [5.41, 5.74) is 2.99. The van der Waals surface area contributed by atoms with Crippen LogP contribution >= 0.6 is 24.8 Å². The second-order valence-corrected chi connectivity index (χ2v) is 8.24. The van der Waals surface area contributed by atoms with Gasteiger partial charge in [0.2, 0.25) is 0 Å². The number of carbonyl (C=O) groups excluding carboxylic acids is 2. The Labute approximate surface area is 209 Å². The van der Waals surface area contributed by atoms with Gasteiger partial charge in [0.25, 0.3) is 5.69 Å². The number of nitrogens with one attached hydrogen (secondary N) is 1. The molecule has 2 aromatic heterocycles. The molecular weight excluding hydrogens is 479 g/mol. The minimum Gasteiger partial charge on any atom is -0.618 e. The third-order valence-corrected chi connectivity index (χ3v) is 5.72. The molecule has 0 radical (unpaired) electrons. The van der Waals surface area contributed by atoms with Crippen LogP contribution in [0, 0.1) is 12.1 Å². The number of hydrogen-bond donors (Lipinski definition) is 1. The lowest BCUT2D eigenvalue weighted by Gasteiger charge is -2.13. The van der Waals surface area contributed by atoms with E-state index < -0.39 is 11.9 Å². The van der Waals surface area contributed by atoms with Crippen LogP contribution in [0.5, 0.6) is 5.75 Å². The third-order valence-electron chi connectivity index (χ3n) is 5.72. The average Bonchev–Trinajstić information content (AvgIpc) is 2.99. The molecule has 0 spiro atoms. The molecule has 0 atom stereocenters. The van der Waals surface area contributed by atoms with E-state index in [0.717, 1.165) is 32.8 Å². The molecule has 0 aliphatic rings. The molecule has 0 aliphatic carbocycles. The maximum absolute atomic E-state index is 12.9. The van der Waals surface area contributed by atoms with Crippen LogP contribution < -0.4 is 14.8 Å². The summed E-state index contributed by atoms with van der Waals surface area (Å²) in [5.74, 6) is -0.355. The zero-order valence-corrected chi connectivity index (χ0v) is 21.3. The fourth-order valence-electron chi connectivity index (χ4n) is 4.28. The van der Waals surface area contributed by atoms with Gasteiger partial charge < -0.3 is 24.7 Å². The minimum absolute atomic E-state index is 0. The number of aromatic nitrogens is 2. The number of likely N-dealkylation sites (N-methyl/N-ethyl adjacent to an activating group) is 1. The molecule has 0 saturated heterocycles. The first-order chi connectivity index (χ1) is 15.2. The zero-order valence-electron chi connectivity index (χ0n) is 19.7. The molecule has 0 unspecified atom stereocenters. The van der Waals surface area contributed by atoms with Gasteiger partial charge >= 0.3 is 11.9 Å². The van der Waals surface area contributed by atoms with Crippen molar-refractivity contribution in [2.24, 2.45) is 7.05 Å². The van der Waals surface area contributed by atoms with E-state index in [0.29, 0.717) is 29.0 Å². The second-order valence-electron chi connectivity index (χ2n) is 8.24. The highest BCUT2D eigenvalue weighted by atomic mass is 35.5. The number of carbonyl (C=O) groups is 2. The lowest BCUT2D eigenvalue weighted by molar-refractivity contribution is -0.606. The van der Waals surface area contributed by atoms with Crippen LogP contribution in [-0.4, -0.2) is 48.5 Å². The number of ether oxygens (including phenoxy) is 1. The topological polar surface area (TPSA) is 90.5 Å². The van der Waals surface area contributed by atoms with E-state index in [1.54, 1.807) is 12.1 Å². The molecule has 1 N–H and O–H groups in total. The lowest BCUT2D eigenvalue weighted by Crippen LogP contribution is -2.41. The van der Waals surface area contributed by atoms with Gasteiger partial charge in [-0.05, 0) is 56.2 Å². The van der Waals surface area contributed by atoms with Crippen LogP contribution in [0.4, 0.5) is 0 Å². The standard InChI is InChI=1S/C24H26N4O4.2ClH/c1-14-17-8-10-28(31)23(24(30)25-9-11-26(3)4)19(17)13-20-18-12-16(32-15(2)29)6-7-21(18)27(5)22(14)20;;/h6-8,10,12-13H,9,11H2,1-5H3,(H,25,30);2*1H. The quantitative estimate of drug-likeness (QED) is 0.193. The molecule has 34 heavy (non-hydrogen) atoms. The molecule has 10 heteroatoms. The summed E-state index contributed by atoms with van der Waals surface area (Å²) < 4.78 is 7.97. The number of fused-ring (bicyclic) bond motifs is 4. The van der Waals surface area contributed by atoms with Crippen LogP contribution in [0.15, 0.2) is 36.5 Å². The first-order valence-electron chi connectivity index (χ1n) is 10.4. The average molecular weight is 507 g/mol. The van der Waals surface area contributed by atoms with Gasteiger partial charge in [0.15, 0.2) is 6.20 Å². The smallest absolute Gasteiger partial charge is 0.318 e. The molecule has 2 aromatic carbocycles. The molecule has 4 aromatic rings. The van der Waals surface area contributed by atoms with E-state index in [1.807, 2.05) is 51.2 Å². The first-order valence-corrected chi connectivity index (χ1v) is 10.4. The number of esters is 1. The molecular formula is C24H28Cl2N4O4. The van der Waals surface area contributed by atoms with Crippen molar-refractivity contribution < 1.29 is 19.1 Å². The van der Waals surface area contributed by atoms with Crippen molar-refractivity contribution in [1.82, 2.24) is 14.8 Å². The highest BCUT2D eigenvalue weighted by molar-refractivity contribution is 6.17. The largest absolute Gasteiger partial charge is 0.618 e. The Kier molecular flexibility index (Phi) is 8.36. The highest BCUT2D eigenvalue weighted by Gasteiger charge is 2.24. The number of halogens is 2. The van der Waals surface area contributed by atoms with Crippen molar-refractivity contribution >= 4 is 69.3 Å². The fraction of sp³-hybridized carbons (Fsp3) is 0.292. The Bertz CT molecular complexity index is 1400. The number of rotatable bonds is 5. The van der Waals surface area contributed by atoms with Gasteiger partial charge in [0.05, 0.1) is 10.9 Å². The van der Waals surface area contributed by atoms with E-state index in [2.05, 4.69) is 9.88 Å². The second kappa shape index (κ2) is 10.5. The number of nitrogens with zero attached hydrogens (tertiary/aromatic N) is 3. The van der Waals surface area contributed by atoms with Gasteiger partial charge in [0.1, 0.15) is 5.75 Å². The zero-order chi connectivity index (χ0) is 23.2. The van der Waals surface area contributed by atoms with Crippen LogP contribution in [-0.2, 0) is 11.8 Å². The van der Waals surface area contributed by atoms with Crippen molar-refractivity contribution in [3.8, 4) is 5.75 Å². The van der Waals surface area contributed by atoms with Crippen LogP contribution in [0.1, 0.15) is 23.0 Å². The molecule has 182 valence electrons. The van der Waals surface area contributed by atoms with Crippen LogP contribution in [0.2, 0.25) is 0 Å². The molecule has 2 heterocycles. The van der Waals surface area contributed by atoms with Gasteiger partial charge in [-0.15, -0.1) is 24.8 Å². The predicted molar refractivity (Wildman–Crippen MR) is 138 cm³/mol. The summed E-state index contributed by atoms with van der Waals surface area (Å²) in [6, 6.07) is 9.10. The van der Waals surface area contributed by atoms with Gasteiger partial charge in [-0.2, -0.15) is 4.73 Å². The van der Waals surface area contributed by atoms with Gasteiger partial charge in [-0.25, -0.2) is 0 Å². The van der Waals surface area contributed by atoms with Crippen LogP contribution in [0.3, 0.4) is 0 Å². The van der Waals surface area contributed by atoms with E-state index in [-0.39, 0.29) is 30.5 Å². The Morgan fingerprint density at radius 2 is 1.79 bits per heavy atom. The van der Waals surface area contributed by atoms with Crippen molar-refractivity contribution in [1.29, 1.82) is 0 Å². The summed E-state index contributed by atoms with van der Waals surface area (Å²) in [7, 11) is 5.81. The fourth-order valence-corrected chi connectivity index (χ4v) is 4.28. The Hall–Kier alpha value is -3.07. The van der Waals surface area contributed by atoms with Gasteiger partial charge in [-0.1, -0.05) is 0 Å². The van der Waals surface area contributed by atoms with Gasteiger partial charge in [0, 0.05) is 49.4 Å². The molecule has 1 amide bonds. The molecule has 0 aliphatic heterocycles. The summed E-state index contributed by atoms with van der Waals surface area (Å²) in [6.07, 6.45) is 1.38. The number of benzene rings is 2. The summed E-state index contributed by atoms with van der Waals surface area (Å²) in [6.45, 7) is 4.45. The first kappa shape index (κ1) is 27.2. The van der Waals surface area contributed by atoms with Gasteiger partial charge in [-0.3, -0.25) is 9.59 Å². The van der Waals surface area contributed by atoms with E-state index in [1.165, 1.54) is 13.1 Å². The van der Waals surface area contributed by atoms with Crippen molar-refractivity contribution in [3.63, 3.8) is 0 Å². The normalized spacial score (nSPS) is 10.9. The molecule has 4 rings (SSSR count). The summed E-state index contributed by atoms with van der Waals surface area (Å²) >= 11 is 0. The van der Waals surface area contributed by atoms with E-state index >= 15 is 0 Å². The maximum atomic E-state index is 12.9. The number of amides is 1. The number of hydrogen-bond acceptors (Lipinski definition) is 5. The minimum atomic E-state index is -0.410. The Morgan fingerprint density at radius 1 is 1.09 bits per heavy atom. The number of aryl methyl sites for hydroxylation is 2. The molecule has 0 fully saturated rings. The molecule has 0 bridgehead atoms. The van der Waals surface area contributed by atoms with Crippen molar-refractivity contribution in [3.05, 3.63) is 53.0 Å². The van der Waals surface area contributed by atoms with Crippen LogP contribution in [0.25, 0.3) is 32.6 Å². The Morgan fingerprint density at radius 3 is 2.44 bits per heavy atom. The third kappa shape index (κ3) is 4.75. The van der Waals surface area contributed by atoms with Crippen molar-refractivity contribution in [2.45, 2.75) is 13.8 Å². The monoisotopic (exact) mass is 506 g/mol. The Balaban J connectivity index is 0.00000204. The van der Waals surface area contributed by atoms with Crippen molar-refractivity contribution in [2.75, 3.05) is 27.2 Å². The van der Waals surface area contributed by atoms with E-state index in [4.69, 9.17) is 4.74 Å². The van der Waals surface area contributed by atoms with E-state index in [9.17, 15) is 14.8 Å². The molecule has 0 saturated carbocycles. The maximum Gasteiger partial charge on any atom is 0.318 e. The number of pyridine rings is 1. The predicted octanol–water partition coefficient (Wildman–Crippen LogP) is 3.49. The summed E-state index contributed by atoms with van der Waals surface area (Å²) in [5, 5.41) is 18.7. The highest BCUT2D eigenvalue weighted by Crippen LogP contribution is 2.36. The molecule has 8 nitrogen and oxygen atoms in total. The summed E-state index contributed by atoms with van der Waals surface area (Å²) in [4.78, 5) is 26.3. The SMILES string of the molecule is CC(=O)Oc1ccc2c(c1)c1cc3c(C(=O)NCCN(C)C)[n+]([O-])ccc3c(C)c1n2C.Cl.Cl. The lowest BCUT2D eigenvalue weighted by atomic mass is 10.00.